The zero-order valence-electron chi connectivity index (χ0n) is 19.3. The predicted molar refractivity (Wildman–Crippen MR) is 123 cm³/mol. The van der Waals surface area contributed by atoms with Crippen molar-refractivity contribution in [3.05, 3.63) is 0 Å². The maximum absolute atomic E-state index is 6.03. The molecule has 4 saturated carbocycles. The van der Waals surface area contributed by atoms with Crippen LogP contribution < -0.4 is 0 Å². The van der Waals surface area contributed by atoms with Crippen molar-refractivity contribution in [3.8, 4) is 0 Å². The highest BCUT2D eigenvalue weighted by Crippen LogP contribution is 2.68. The van der Waals surface area contributed by atoms with Crippen molar-refractivity contribution in [1.82, 2.24) is 0 Å². The largest absolute Gasteiger partial charge is 0.126 e. The van der Waals surface area contributed by atoms with E-state index in [-0.39, 0.29) is 0 Å². The van der Waals surface area contributed by atoms with Gasteiger partial charge < -0.3 is 0 Å². The first-order valence-corrected chi connectivity index (χ1v) is 13.5. The molecule has 4 rings (SSSR count). The molecule has 1 heteroatoms. The monoisotopic (exact) mass is 406 g/mol. The number of fused-ring (bicyclic) bond motifs is 5. The zero-order chi connectivity index (χ0) is 19.9. The van der Waals surface area contributed by atoms with Crippen LogP contribution in [0.1, 0.15) is 111 Å². The van der Waals surface area contributed by atoms with Gasteiger partial charge in [-0.2, -0.15) is 0 Å². The summed E-state index contributed by atoms with van der Waals surface area (Å²) in [5.74, 6) is 7.65. The highest BCUT2D eigenvalue weighted by molar-refractivity contribution is 6.18. The van der Waals surface area contributed by atoms with Gasteiger partial charge in [-0.15, -0.1) is 11.6 Å². The normalized spacial score (nSPS) is 47.7. The van der Waals surface area contributed by atoms with Crippen molar-refractivity contribution in [2.45, 2.75) is 111 Å². The molecule has 0 N–H and O–H groups in total. The zero-order valence-corrected chi connectivity index (χ0v) is 20.1. The average Bonchev–Trinajstić information content (AvgIpc) is 3.04. The number of hydrogen-bond acceptors (Lipinski definition) is 0. The molecule has 0 aromatic heterocycles. The van der Waals surface area contributed by atoms with Crippen LogP contribution >= 0.6 is 11.6 Å². The number of halogens is 1. The quantitative estimate of drug-likeness (QED) is 0.386. The fourth-order valence-corrected chi connectivity index (χ4v) is 9.49. The molecule has 0 aliphatic heterocycles. The number of alkyl halides is 1. The third-order valence-electron chi connectivity index (χ3n) is 11.0. The highest BCUT2D eigenvalue weighted by Gasteiger charge is 2.59. The molecule has 0 bridgehead atoms. The van der Waals surface area contributed by atoms with E-state index in [1.54, 1.807) is 38.5 Å². The van der Waals surface area contributed by atoms with Crippen molar-refractivity contribution in [3.63, 3.8) is 0 Å². The van der Waals surface area contributed by atoms with E-state index in [2.05, 4.69) is 27.7 Å². The Morgan fingerprint density at radius 1 is 0.821 bits per heavy atom. The van der Waals surface area contributed by atoms with E-state index in [1.165, 1.54) is 44.9 Å². The second-order valence-corrected chi connectivity index (χ2v) is 12.6. The summed E-state index contributed by atoms with van der Waals surface area (Å²) < 4.78 is 0. The van der Waals surface area contributed by atoms with Gasteiger partial charge in [0.15, 0.2) is 0 Å². The Morgan fingerprint density at radius 2 is 1.61 bits per heavy atom. The van der Waals surface area contributed by atoms with Crippen LogP contribution in [0, 0.1) is 52.3 Å². The minimum absolute atomic E-state index is 0.649. The summed E-state index contributed by atoms with van der Waals surface area (Å²) in [5, 5.41) is 0. The van der Waals surface area contributed by atoms with E-state index in [9.17, 15) is 0 Å². The molecule has 0 spiro atoms. The molecular weight excluding hydrogens is 360 g/mol. The summed E-state index contributed by atoms with van der Waals surface area (Å²) in [6, 6.07) is 0. The molecule has 4 fully saturated rings. The van der Waals surface area contributed by atoms with Gasteiger partial charge in [0.2, 0.25) is 0 Å². The lowest BCUT2D eigenvalue weighted by molar-refractivity contribution is -0.114. The fourth-order valence-electron chi connectivity index (χ4n) is 9.34. The van der Waals surface area contributed by atoms with E-state index in [0.717, 1.165) is 41.4 Å². The van der Waals surface area contributed by atoms with Crippen LogP contribution in [-0.4, -0.2) is 5.88 Å². The topological polar surface area (TPSA) is 0 Å². The van der Waals surface area contributed by atoms with Crippen LogP contribution in [-0.2, 0) is 0 Å². The number of hydrogen-bond donors (Lipinski definition) is 0. The molecule has 0 amide bonds. The maximum Gasteiger partial charge on any atom is 0.0249 e. The first-order valence-electron chi connectivity index (χ1n) is 13.0. The van der Waals surface area contributed by atoms with Crippen LogP contribution in [0.2, 0.25) is 0 Å². The molecular formula is C27H47Cl. The van der Waals surface area contributed by atoms with Gasteiger partial charge in [-0.1, -0.05) is 53.4 Å². The molecule has 4 aliphatic carbocycles. The van der Waals surface area contributed by atoms with Gasteiger partial charge in [0.25, 0.3) is 0 Å². The minimum Gasteiger partial charge on any atom is -0.126 e. The molecule has 9 atom stereocenters. The average molecular weight is 407 g/mol. The second kappa shape index (κ2) is 8.43. The molecule has 4 aliphatic rings. The second-order valence-electron chi connectivity index (χ2n) is 12.3. The lowest BCUT2D eigenvalue weighted by Crippen LogP contribution is -2.53. The van der Waals surface area contributed by atoms with Crippen molar-refractivity contribution in [1.29, 1.82) is 0 Å². The van der Waals surface area contributed by atoms with Gasteiger partial charge in [-0.3, -0.25) is 0 Å². The molecule has 0 aromatic rings. The van der Waals surface area contributed by atoms with Gasteiger partial charge in [0, 0.05) is 5.88 Å². The summed E-state index contributed by atoms with van der Waals surface area (Å²) in [6.07, 6.45) is 19.5. The molecule has 0 aromatic carbocycles. The van der Waals surface area contributed by atoms with Crippen molar-refractivity contribution in [2.75, 3.05) is 5.88 Å². The van der Waals surface area contributed by atoms with Crippen molar-refractivity contribution in [2.24, 2.45) is 52.3 Å². The van der Waals surface area contributed by atoms with Crippen LogP contribution in [0.25, 0.3) is 0 Å². The summed E-state index contributed by atoms with van der Waals surface area (Å²) in [7, 11) is 0. The molecule has 162 valence electrons. The smallest absolute Gasteiger partial charge is 0.0249 e. The fraction of sp³-hybridized carbons (Fsp3) is 1.00. The van der Waals surface area contributed by atoms with Crippen LogP contribution in [0.5, 0.6) is 0 Å². The van der Waals surface area contributed by atoms with Gasteiger partial charge in [0.1, 0.15) is 0 Å². The first kappa shape index (κ1) is 21.5. The molecule has 0 saturated heterocycles. The van der Waals surface area contributed by atoms with E-state index >= 15 is 0 Å². The van der Waals surface area contributed by atoms with Crippen molar-refractivity contribution >= 4 is 11.6 Å². The Labute approximate surface area is 181 Å². The Morgan fingerprint density at radius 3 is 2.39 bits per heavy atom. The van der Waals surface area contributed by atoms with Crippen molar-refractivity contribution < 1.29 is 0 Å². The van der Waals surface area contributed by atoms with Crippen LogP contribution in [0.3, 0.4) is 0 Å². The van der Waals surface area contributed by atoms with E-state index in [4.69, 9.17) is 11.6 Å². The van der Waals surface area contributed by atoms with E-state index < -0.39 is 0 Å². The van der Waals surface area contributed by atoms with Crippen LogP contribution in [0.4, 0.5) is 0 Å². The van der Waals surface area contributed by atoms with Gasteiger partial charge in [0.05, 0.1) is 0 Å². The Hall–Kier alpha value is 0.290. The Bertz CT molecular complexity index is 528. The van der Waals surface area contributed by atoms with Gasteiger partial charge in [-0.05, 0) is 110 Å². The third-order valence-corrected chi connectivity index (χ3v) is 11.5. The highest BCUT2D eigenvalue weighted by atomic mass is 35.5. The van der Waals surface area contributed by atoms with Crippen LogP contribution in [0.15, 0.2) is 0 Å². The summed E-state index contributed by atoms with van der Waals surface area (Å²) >= 11 is 6.03. The molecule has 0 nitrogen and oxygen atoms in total. The molecule has 0 radical (unpaired) electrons. The summed E-state index contributed by atoms with van der Waals surface area (Å²) in [4.78, 5) is 0. The van der Waals surface area contributed by atoms with E-state index in [0.29, 0.717) is 16.7 Å². The SMILES string of the molecule is CC(CCl)CCC[C@@H](C)[C@H]1CC[C@H]2[C@@H]3CCC4CCCC[C@]4(C)[C@H]3CC[C@]12C. The van der Waals surface area contributed by atoms with Gasteiger partial charge in [-0.25, -0.2) is 0 Å². The Kier molecular flexibility index (Phi) is 6.48. The summed E-state index contributed by atoms with van der Waals surface area (Å²) in [6.45, 7) is 10.4. The number of rotatable bonds is 6. The predicted octanol–water partition coefficient (Wildman–Crippen LogP) is 8.72. The van der Waals surface area contributed by atoms with E-state index in [1.807, 2.05) is 0 Å². The molecule has 2 unspecified atom stereocenters. The standard InChI is InChI=1S/C27H47Cl/c1-19(18-28)8-7-9-20(2)23-13-14-24-22-12-11-21-10-5-6-16-26(21,3)25(22)15-17-27(23,24)4/h19-25H,5-18H2,1-4H3/t19?,20-,21?,22+,23-,24+,25+,26+,27-/m1/s1. The lowest BCUT2D eigenvalue weighted by atomic mass is 9.44. The maximum atomic E-state index is 6.03. The Balaban J connectivity index is 1.43. The minimum atomic E-state index is 0.649. The first-order chi connectivity index (χ1) is 13.4. The molecule has 0 heterocycles. The third kappa shape index (κ3) is 3.61. The lowest BCUT2D eigenvalue weighted by Gasteiger charge is -2.61. The van der Waals surface area contributed by atoms with Gasteiger partial charge >= 0.3 is 0 Å². The molecule has 28 heavy (non-hydrogen) atoms. The summed E-state index contributed by atoms with van der Waals surface area (Å²) in [5.41, 5.74) is 1.35.